The van der Waals surface area contributed by atoms with Crippen molar-refractivity contribution < 1.29 is 4.79 Å². The number of amides is 1. The number of carbonyl (C=O) groups is 1. The minimum Gasteiger partial charge on any atom is -0.325 e. The second-order valence-corrected chi connectivity index (χ2v) is 5.33. The lowest BCUT2D eigenvalue weighted by molar-refractivity contribution is -0.115. The van der Waals surface area contributed by atoms with Crippen molar-refractivity contribution in [2.75, 3.05) is 11.9 Å². The number of aryl methyl sites for hydroxylation is 1. The number of halogens is 1. The zero-order valence-corrected chi connectivity index (χ0v) is 12.8. The molecule has 110 valence electrons. The topological polar surface area (TPSA) is 54.0 Å². The summed E-state index contributed by atoms with van der Waals surface area (Å²) >= 11 is 5.93. The van der Waals surface area contributed by atoms with Crippen LogP contribution in [0.3, 0.4) is 0 Å². The smallest absolute Gasteiger partial charge is 0.238 e. The summed E-state index contributed by atoms with van der Waals surface area (Å²) in [6, 6.07) is 9.37. The lowest BCUT2D eigenvalue weighted by atomic mass is 10.1. The molecule has 4 nitrogen and oxygen atoms in total. The Morgan fingerprint density at radius 3 is 2.71 bits per heavy atom. The van der Waals surface area contributed by atoms with Gasteiger partial charge >= 0.3 is 0 Å². The van der Waals surface area contributed by atoms with Crippen LogP contribution in [-0.4, -0.2) is 17.4 Å². The number of nitrogens with one attached hydrogen (secondary N) is 2. The summed E-state index contributed by atoms with van der Waals surface area (Å²) in [4.78, 5) is 16.0. The van der Waals surface area contributed by atoms with Crippen LogP contribution in [-0.2, 0) is 4.79 Å². The van der Waals surface area contributed by atoms with Crippen molar-refractivity contribution in [3.63, 3.8) is 0 Å². The van der Waals surface area contributed by atoms with Crippen molar-refractivity contribution in [1.82, 2.24) is 10.3 Å². The Morgan fingerprint density at radius 1 is 1.29 bits per heavy atom. The highest BCUT2D eigenvalue weighted by Crippen LogP contribution is 2.20. The van der Waals surface area contributed by atoms with E-state index in [2.05, 4.69) is 15.6 Å². The Morgan fingerprint density at radius 2 is 2.00 bits per heavy atom. The summed E-state index contributed by atoms with van der Waals surface area (Å²) in [5.74, 6) is -0.0960. The van der Waals surface area contributed by atoms with Gasteiger partial charge in [-0.3, -0.25) is 9.78 Å². The summed E-state index contributed by atoms with van der Waals surface area (Å²) in [6.45, 7) is 4.17. The Kier molecular flexibility index (Phi) is 5.31. The molecule has 0 saturated heterocycles. The molecule has 21 heavy (non-hydrogen) atoms. The molecule has 1 aromatic heterocycles. The summed E-state index contributed by atoms with van der Waals surface area (Å²) in [7, 11) is 0. The van der Waals surface area contributed by atoms with Gasteiger partial charge in [0.05, 0.1) is 6.54 Å². The van der Waals surface area contributed by atoms with Crippen molar-refractivity contribution >= 4 is 23.2 Å². The van der Waals surface area contributed by atoms with Gasteiger partial charge in [0.25, 0.3) is 0 Å². The Hall–Kier alpha value is -1.91. The van der Waals surface area contributed by atoms with E-state index in [1.54, 1.807) is 24.5 Å². The van der Waals surface area contributed by atoms with E-state index >= 15 is 0 Å². The van der Waals surface area contributed by atoms with E-state index in [0.717, 1.165) is 16.8 Å². The molecule has 0 spiro atoms. The Balaban J connectivity index is 1.89. The first-order valence-corrected chi connectivity index (χ1v) is 7.13. The minimum absolute atomic E-state index is 0.0826. The SMILES string of the molecule is Cc1ccc(Cl)cc1NC(=O)CN[C@@H](C)c1ccncc1. The molecule has 2 N–H and O–H groups in total. The molecule has 0 saturated carbocycles. The van der Waals surface area contributed by atoms with Gasteiger partial charge in [0, 0.05) is 29.1 Å². The van der Waals surface area contributed by atoms with E-state index in [9.17, 15) is 4.79 Å². The summed E-state index contributed by atoms with van der Waals surface area (Å²) < 4.78 is 0. The van der Waals surface area contributed by atoms with Crippen LogP contribution in [0.4, 0.5) is 5.69 Å². The lowest BCUT2D eigenvalue weighted by Gasteiger charge is -2.14. The standard InChI is InChI=1S/C16H18ClN3O/c1-11-3-4-14(17)9-15(11)20-16(21)10-19-12(2)13-5-7-18-8-6-13/h3-9,12,19H,10H2,1-2H3,(H,20,21)/t12-/m0/s1. The van der Waals surface area contributed by atoms with Gasteiger partial charge in [0.2, 0.25) is 5.91 Å². The van der Waals surface area contributed by atoms with Gasteiger partial charge in [-0.1, -0.05) is 17.7 Å². The average molecular weight is 304 g/mol. The zero-order valence-electron chi connectivity index (χ0n) is 12.1. The maximum atomic E-state index is 12.0. The first kappa shape index (κ1) is 15.5. The van der Waals surface area contributed by atoms with Crippen LogP contribution in [0.1, 0.15) is 24.1 Å². The molecule has 1 aromatic carbocycles. The summed E-state index contributed by atoms with van der Waals surface area (Å²) in [5, 5.41) is 6.65. The number of benzene rings is 1. The number of pyridine rings is 1. The predicted molar refractivity (Wildman–Crippen MR) is 85.5 cm³/mol. The minimum atomic E-state index is -0.0960. The van der Waals surface area contributed by atoms with Gasteiger partial charge < -0.3 is 10.6 Å². The zero-order chi connectivity index (χ0) is 15.2. The van der Waals surface area contributed by atoms with E-state index in [0.29, 0.717) is 5.02 Å². The molecule has 1 amide bonds. The highest BCUT2D eigenvalue weighted by Gasteiger charge is 2.09. The maximum Gasteiger partial charge on any atom is 0.238 e. The molecule has 0 aliphatic heterocycles. The van der Waals surface area contributed by atoms with E-state index in [1.807, 2.05) is 32.0 Å². The molecule has 0 fully saturated rings. The van der Waals surface area contributed by atoms with E-state index in [4.69, 9.17) is 11.6 Å². The lowest BCUT2D eigenvalue weighted by Crippen LogP contribution is -2.30. The average Bonchev–Trinajstić information content (AvgIpc) is 2.49. The molecular formula is C16H18ClN3O. The van der Waals surface area contributed by atoms with Crippen LogP contribution >= 0.6 is 11.6 Å². The molecule has 0 unspecified atom stereocenters. The molecule has 0 aliphatic carbocycles. The number of nitrogens with zero attached hydrogens (tertiary/aromatic N) is 1. The molecule has 0 radical (unpaired) electrons. The van der Waals surface area contributed by atoms with Gasteiger partial charge in [0.15, 0.2) is 0 Å². The van der Waals surface area contributed by atoms with Crippen LogP contribution < -0.4 is 10.6 Å². The molecular weight excluding hydrogens is 286 g/mol. The Labute approximate surface area is 129 Å². The third kappa shape index (κ3) is 4.55. The Bertz CT molecular complexity index is 616. The quantitative estimate of drug-likeness (QED) is 0.891. The normalized spacial score (nSPS) is 12.0. The predicted octanol–water partition coefficient (Wildman–Crippen LogP) is 3.33. The van der Waals surface area contributed by atoms with Crippen LogP contribution in [0.5, 0.6) is 0 Å². The maximum absolute atomic E-state index is 12.0. The van der Waals surface area contributed by atoms with Gasteiger partial charge in [-0.2, -0.15) is 0 Å². The number of rotatable bonds is 5. The fourth-order valence-electron chi connectivity index (χ4n) is 1.94. The van der Waals surface area contributed by atoms with Crippen molar-refractivity contribution in [3.8, 4) is 0 Å². The second-order valence-electron chi connectivity index (χ2n) is 4.89. The van der Waals surface area contributed by atoms with Crippen LogP contribution in [0.2, 0.25) is 5.02 Å². The van der Waals surface area contributed by atoms with E-state index < -0.39 is 0 Å². The van der Waals surface area contributed by atoms with Crippen molar-refractivity contribution in [2.45, 2.75) is 19.9 Å². The number of aromatic nitrogens is 1. The number of carbonyl (C=O) groups excluding carboxylic acids is 1. The molecule has 5 heteroatoms. The van der Waals surface area contributed by atoms with Crippen LogP contribution in [0, 0.1) is 6.92 Å². The first-order chi connectivity index (χ1) is 10.1. The number of anilines is 1. The summed E-state index contributed by atoms with van der Waals surface area (Å²) in [6.07, 6.45) is 3.48. The van der Waals surface area contributed by atoms with Crippen LogP contribution in [0.15, 0.2) is 42.7 Å². The highest BCUT2D eigenvalue weighted by atomic mass is 35.5. The highest BCUT2D eigenvalue weighted by molar-refractivity contribution is 6.31. The largest absolute Gasteiger partial charge is 0.325 e. The second kappa shape index (κ2) is 7.20. The van der Waals surface area contributed by atoms with Gasteiger partial charge in [0.1, 0.15) is 0 Å². The first-order valence-electron chi connectivity index (χ1n) is 6.75. The van der Waals surface area contributed by atoms with E-state index in [1.165, 1.54) is 0 Å². The molecule has 1 heterocycles. The van der Waals surface area contributed by atoms with Gasteiger partial charge in [-0.15, -0.1) is 0 Å². The van der Waals surface area contributed by atoms with Crippen molar-refractivity contribution in [3.05, 3.63) is 58.9 Å². The molecule has 2 aromatic rings. The molecule has 2 rings (SSSR count). The van der Waals surface area contributed by atoms with Crippen LogP contribution in [0.25, 0.3) is 0 Å². The van der Waals surface area contributed by atoms with Gasteiger partial charge in [-0.05, 0) is 49.2 Å². The monoisotopic (exact) mass is 303 g/mol. The van der Waals surface area contributed by atoms with Gasteiger partial charge in [-0.25, -0.2) is 0 Å². The van der Waals surface area contributed by atoms with E-state index in [-0.39, 0.29) is 18.5 Å². The third-order valence-electron chi connectivity index (χ3n) is 3.25. The number of hydrogen-bond donors (Lipinski definition) is 2. The molecule has 0 aliphatic rings. The van der Waals surface area contributed by atoms with Crippen molar-refractivity contribution in [1.29, 1.82) is 0 Å². The molecule has 0 bridgehead atoms. The van der Waals surface area contributed by atoms with Crippen molar-refractivity contribution in [2.24, 2.45) is 0 Å². The number of hydrogen-bond acceptors (Lipinski definition) is 3. The summed E-state index contributed by atoms with van der Waals surface area (Å²) in [5.41, 5.74) is 2.82. The fourth-order valence-corrected chi connectivity index (χ4v) is 2.11. The third-order valence-corrected chi connectivity index (χ3v) is 3.48. The molecule has 1 atom stereocenters. The fraction of sp³-hybridized carbons (Fsp3) is 0.250.